The summed E-state index contributed by atoms with van der Waals surface area (Å²) in [5, 5.41) is 4.26. The third-order valence-corrected chi connectivity index (χ3v) is 3.73. The molecule has 0 aliphatic heterocycles. The van der Waals surface area contributed by atoms with Crippen molar-refractivity contribution in [2.24, 2.45) is 0 Å². The van der Waals surface area contributed by atoms with Crippen molar-refractivity contribution in [2.45, 2.75) is 19.4 Å². The van der Waals surface area contributed by atoms with Gasteiger partial charge in [0, 0.05) is 6.20 Å². The van der Waals surface area contributed by atoms with Crippen molar-refractivity contribution < 1.29 is 4.39 Å². The van der Waals surface area contributed by atoms with E-state index in [4.69, 9.17) is 23.2 Å². The molecule has 106 valence electrons. The molecule has 1 unspecified atom stereocenters. The number of rotatable bonds is 5. The summed E-state index contributed by atoms with van der Waals surface area (Å²) in [5.41, 5.74) is 1.40. The van der Waals surface area contributed by atoms with Gasteiger partial charge in [0.1, 0.15) is 5.82 Å². The summed E-state index contributed by atoms with van der Waals surface area (Å²) < 4.78 is 13.9. The normalized spacial score (nSPS) is 12.4. The molecule has 0 aliphatic rings. The van der Waals surface area contributed by atoms with Crippen molar-refractivity contribution in [1.82, 2.24) is 10.3 Å². The van der Waals surface area contributed by atoms with E-state index in [9.17, 15) is 4.39 Å². The second-order valence-electron chi connectivity index (χ2n) is 4.43. The van der Waals surface area contributed by atoms with E-state index in [1.807, 2.05) is 13.0 Å². The van der Waals surface area contributed by atoms with E-state index < -0.39 is 0 Å². The highest BCUT2D eigenvalue weighted by Crippen LogP contribution is 2.25. The number of hydrogen-bond donors (Lipinski definition) is 1. The third kappa shape index (κ3) is 3.69. The van der Waals surface area contributed by atoms with Gasteiger partial charge in [-0.3, -0.25) is 4.98 Å². The molecule has 0 radical (unpaired) electrons. The number of aromatic nitrogens is 1. The first-order chi connectivity index (χ1) is 9.61. The van der Waals surface area contributed by atoms with E-state index >= 15 is 0 Å². The molecule has 20 heavy (non-hydrogen) atoms. The largest absolute Gasteiger partial charge is 0.309 e. The number of nitrogens with zero attached hydrogens (tertiary/aromatic N) is 1. The molecular weight excluding hydrogens is 298 g/mol. The van der Waals surface area contributed by atoms with Crippen molar-refractivity contribution in [1.29, 1.82) is 0 Å². The lowest BCUT2D eigenvalue weighted by Crippen LogP contribution is -2.25. The summed E-state index contributed by atoms with van der Waals surface area (Å²) in [7, 11) is 0. The quantitative estimate of drug-likeness (QED) is 0.884. The molecule has 1 heterocycles. The Morgan fingerprint density at radius 3 is 2.70 bits per heavy atom. The summed E-state index contributed by atoms with van der Waals surface area (Å²) in [4.78, 5) is 4.14. The number of halogens is 3. The third-order valence-electron chi connectivity index (χ3n) is 2.99. The zero-order valence-electron chi connectivity index (χ0n) is 11.0. The lowest BCUT2D eigenvalue weighted by atomic mass is 10.0. The van der Waals surface area contributed by atoms with Gasteiger partial charge in [-0.05, 0) is 42.8 Å². The van der Waals surface area contributed by atoms with Crippen molar-refractivity contribution >= 4 is 23.2 Å². The van der Waals surface area contributed by atoms with E-state index in [0.29, 0.717) is 22.2 Å². The number of nitrogens with one attached hydrogen (secondary N) is 1. The maximum atomic E-state index is 13.9. The molecule has 2 aromatic rings. The van der Waals surface area contributed by atoms with Gasteiger partial charge < -0.3 is 5.32 Å². The predicted molar refractivity (Wildman–Crippen MR) is 80.8 cm³/mol. The van der Waals surface area contributed by atoms with Crippen molar-refractivity contribution in [3.05, 3.63) is 63.6 Å². The summed E-state index contributed by atoms with van der Waals surface area (Å²) in [6, 6.07) is 8.24. The van der Waals surface area contributed by atoms with Gasteiger partial charge >= 0.3 is 0 Å². The van der Waals surface area contributed by atoms with Gasteiger partial charge in [0.2, 0.25) is 0 Å². The minimum atomic E-state index is -0.307. The number of likely N-dealkylation sites (N-methyl/N-ethyl adjacent to an activating group) is 1. The zero-order valence-corrected chi connectivity index (χ0v) is 12.5. The Balaban J connectivity index is 2.25. The number of benzene rings is 1. The van der Waals surface area contributed by atoms with Crippen LogP contribution in [-0.2, 0) is 6.42 Å². The lowest BCUT2D eigenvalue weighted by Gasteiger charge is -2.18. The van der Waals surface area contributed by atoms with Crippen LogP contribution < -0.4 is 5.32 Å². The maximum absolute atomic E-state index is 13.9. The van der Waals surface area contributed by atoms with Crippen molar-refractivity contribution in [3.63, 3.8) is 0 Å². The van der Waals surface area contributed by atoms with Crippen LogP contribution in [0.25, 0.3) is 0 Å². The second-order valence-corrected chi connectivity index (χ2v) is 5.25. The zero-order chi connectivity index (χ0) is 14.5. The number of pyridine rings is 1. The summed E-state index contributed by atoms with van der Waals surface area (Å²) in [6.45, 7) is 2.70. The average Bonchev–Trinajstić information content (AvgIpc) is 2.43. The highest BCUT2D eigenvalue weighted by molar-refractivity contribution is 6.42. The van der Waals surface area contributed by atoms with Crippen molar-refractivity contribution in [2.75, 3.05) is 6.54 Å². The standard InChI is InChI=1S/C15H15Cl2FN2/c1-2-19-14(15-13(18)4-3-7-20-15)9-10-5-6-11(16)12(17)8-10/h3-8,14,19H,2,9H2,1H3. The SMILES string of the molecule is CCNC(Cc1ccc(Cl)c(Cl)c1)c1ncccc1F. The molecule has 0 fully saturated rings. The molecule has 0 spiro atoms. The van der Waals surface area contributed by atoms with Gasteiger partial charge in [0.15, 0.2) is 0 Å². The fourth-order valence-corrected chi connectivity index (χ4v) is 2.39. The predicted octanol–water partition coefficient (Wildman–Crippen LogP) is 4.42. The monoisotopic (exact) mass is 312 g/mol. The maximum Gasteiger partial charge on any atom is 0.146 e. The van der Waals surface area contributed by atoms with E-state index in [-0.39, 0.29) is 11.9 Å². The molecule has 5 heteroatoms. The van der Waals surface area contributed by atoms with Crippen LogP contribution in [0.3, 0.4) is 0 Å². The molecule has 0 aliphatic carbocycles. The Morgan fingerprint density at radius 2 is 2.05 bits per heavy atom. The fourth-order valence-electron chi connectivity index (χ4n) is 2.07. The average molecular weight is 313 g/mol. The highest BCUT2D eigenvalue weighted by Gasteiger charge is 2.17. The van der Waals surface area contributed by atoms with Crippen molar-refractivity contribution in [3.8, 4) is 0 Å². The molecule has 1 N–H and O–H groups in total. The minimum absolute atomic E-state index is 0.196. The summed E-state index contributed by atoms with van der Waals surface area (Å²) in [6.07, 6.45) is 2.19. The van der Waals surface area contributed by atoms with Gasteiger partial charge in [-0.2, -0.15) is 0 Å². The van der Waals surface area contributed by atoms with Gasteiger partial charge in [-0.1, -0.05) is 36.2 Å². The molecular formula is C15H15Cl2FN2. The first kappa shape index (κ1) is 15.2. The molecule has 1 atom stereocenters. The van der Waals surface area contributed by atoms with Crippen LogP contribution in [0.5, 0.6) is 0 Å². The Bertz CT molecular complexity index is 590. The van der Waals surface area contributed by atoms with Gasteiger partial charge in [-0.25, -0.2) is 4.39 Å². The molecule has 0 bridgehead atoms. The topological polar surface area (TPSA) is 24.9 Å². The second kappa shape index (κ2) is 7.02. The Morgan fingerprint density at radius 1 is 1.25 bits per heavy atom. The van der Waals surface area contributed by atoms with E-state index in [2.05, 4.69) is 10.3 Å². The highest BCUT2D eigenvalue weighted by atomic mass is 35.5. The first-order valence-electron chi connectivity index (χ1n) is 6.39. The summed E-state index contributed by atoms with van der Waals surface area (Å²) in [5.74, 6) is -0.307. The minimum Gasteiger partial charge on any atom is -0.309 e. The van der Waals surface area contributed by atoms with E-state index in [1.165, 1.54) is 6.07 Å². The van der Waals surface area contributed by atoms with Gasteiger partial charge in [0.25, 0.3) is 0 Å². The molecule has 1 aromatic carbocycles. The van der Waals surface area contributed by atoms with Crippen LogP contribution in [-0.4, -0.2) is 11.5 Å². The Labute approximate surface area is 127 Å². The van der Waals surface area contributed by atoms with Crippen LogP contribution in [0.15, 0.2) is 36.5 Å². The Kier molecular flexibility index (Phi) is 5.35. The molecule has 2 rings (SSSR count). The molecule has 0 saturated carbocycles. The number of hydrogen-bond acceptors (Lipinski definition) is 2. The Hall–Kier alpha value is -1.16. The molecule has 2 nitrogen and oxygen atoms in total. The van der Waals surface area contributed by atoms with Gasteiger partial charge in [0.05, 0.1) is 21.8 Å². The van der Waals surface area contributed by atoms with Crippen LogP contribution in [0.4, 0.5) is 4.39 Å². The lowest BCUT2D eigenvalue weighted by molar-refractivity contribution is 0.494. The molecule has 1 aromatic heterocycles. The smallest absolute Gasteiger partial charge is 0.146 e. The summed E-state index contributed by atoms with van der Waals surface area (Å²) >= 11 is 11.9. The van der Waals surface area contributed by atoms with Gasteiger partial charge in [-0.15, -0.1) is 0 Å². The van der Waals surface area contributed by atoms with E-state index in [0.717, 1.165) is 12.1 Å². The van der Waals surface area contributed by atoms with Crippen LogP contribution in [0.2, 0.25) is 10.0 Å². The molecule has 0 amide bonds. The first-order valence-corrected chi connectivity index (χ1v) is 7.15. The van der Waals surface area contributed by atoms with E-state index in [1.54, 1.807) is 24.4 Å². The molecule has 0 saturated heterocycles. The van der Waals surface area contributed by atoms with Crippen LogP contribution in [0, 0.1) is 5.82 Å². The fraction of sp³-hybridized carbons (Fsp3) is 0.267. The van der Waals surface area contributed by atoms with Crippen LogP contribution in [0.1, 0.15) is 24.2 Å². The van der Waals surface area contributed by atoms with Crippen LogP contribution >= 0.6 is 23.2 Å².